The predicted octanol–water partition coefficient (Wildman–Crippen LogP) is 3.24. The summed E-state index contributed by atoms with van der Waals surface area (Å²) < 4.78 is 0. The molecule has 0 aliphatic carbocycles. The summed E-state index contributed by atoms with van der Waals surface area (Å²) in [6, 6.07) is 19.2. The maximum atomic E-state index is 13.2. The molecule has 6 nitrogen and oxygen atoms in total. The molecule has 0 bridgehead atoms. The van der Waals surface area contributed by atoms with Gasteiger partial charge < -0.3 is 10.4 Å². The molecule has 6 heteroatoms. The number of nitrogens with zero attached hydrogens (tertiary/aromatic N) is 2. The Morgan fingerprint density at radius 2 is 1.66 bits per heavy atom. The Hall–Kier alpha value is -2.70. The Morgan fingerprint density at radius 3 is 2.21 bits per heavy atom. The lowest BCUT2D eigenvalue weighted by atomic mass is 9.97. The van der Waals surface area contributed by atoms with Crippen LogP contribution in [0.2, 0.25) is 0 Å². The van der Waals surface area contributed by atoms with Crippen LogP contribution in [0, 0.1) is 0 Å². The number of hydrogen-bond donors (Lipinski definition) is 2. The van der Waals surface area contributed by atoms with Crippen LogP contribution in [0.25, 0.3) is 0 Å². The summed E-state index contributed by atoms with van der Waals surface area (Å²) >= 11 is 0. The number of benzene rings is 2. The zero-order valence-corrected chi connectivity index (χ0v) is 16.8. The summed E-state index contributed by atoms with van der Waals surface area (Å²) in [5.74, 6) is -0.836. The molecule has 1 aliphatic heterocycles. The fourth-order valence-corrected chi connectivity index (χ4v) is 4.08. The van der Waals surface area contributed by atoms with E-state index in [2.05, 4.69) is 10.2 Å². The van der Waals surface area contributed by atoms with Gasteiger partial charge in [-0.05, 0) is 37.1 Å². The Bertz CT molecular complexity index is 790. The SMILES string of the molecule is CCN(CC(=O)O)C1CCN(C(C(=O)Nc2ccccc2)c2ccccc2)CC1. The molecule has 3 rings (SSSR count). The lowest BCUT2D eigenvalue weighted by molar-refractivity contribution is -0.139. The molecule has 1 atom stereocenters. The van der Waals surface area contributed by atoms with Crippen LogP contribution in [0.1, 0.15) is 31.4 Å². The number of nitrogens with one attached hydrogen (secondary N) is 1. The Labute approximate surface area is 172 Å². The largest absolute Gasteiger partial charge is 0.480 e. The number of likely N-dealkylation sites (tertiary alicyclic amines) is 1. The van der Waals surface area contributed by atoms with Crippen LogP contribution in [0.15, 0.2) is 60.7 Å². The van der Waals surface area contributed by atoms with Crippen molar-refractivity contribution in [1.29, 1.82) is 0 Å². The van der Waals surface area contributed by atoms with E-state index < -0.39 is 5.97 Å². The fraction of sp³-hybridized carbons (Fsp3) is 0.391. The smallest absolute Gasteiger partial charge is 0.317 e. The van der Waals surface area contributed by atoms with Gasteiger partial charge in [0.25, 0.3) is 0 Å². The second-order valence-corrected chi connectivity index (χ2v) is 7.39. The van der Waals surface area contributed by atoms with Crippen LogP contribution in [0.5, 0.6) is 0 Å². The number of likely N-dealkylation sites (N-methyl/N-ethyl adjacent to an activating group) is 1. The molecule has 0 aromatic heterocycles. The number of amides is 1. The summed E-state index contributed by atoms with van der Waals surface area (Å²) in [5.41, 5.74) is 1.75. The lowest BCUT2D eigenvalue weighted by Gasteiger charge is -2.40. The molecule has 0 radical (unpaired) electrons. The topological polar surface area (TPSA) is 72.9 Å². The number of hydrogen-bond acceptors (Lipinski definition) is 4. The number of para-hydroxylation sites is 1. The molecule has 0 saturated carbocycles. The summed E-state index contributed by atoms with van der Waals surface area (Å²) in [4.78, 5) is 28.5. The monoisotopic (exact) mass is 395 g/mol. The average Bonchev–Trinajstić information content (AvgIpc) is 2.74. The van der Waals surface area contributed by atoms with Crippen molar-refractivity contribution < 1.29 is 14.7 Å². The van der Waals surface area contributed by atoms with Crippen LogP contribution < -0.4 is 5.32 Å². The number of piperidine rings is 1. The van der Waals surface area contributed by atoms with E-state index in [1.165, 1.54) is 0 Å². The first-order chi connectivity index (χ1) is 14.1. The molecular weight excluding hydrogens is 366 g/mol. The van der Waals surface area contributed by atoms with E-state index >= 15 is 0 Å². The molecule has 154 valence electrons. The number of carbonyl (C=O) groups excluding carboxylic acids is 1. The first-order valence-electron chi connectivity index (χ1n) is 10.2. The van der Waals surface area contributed by atoms with Crippen LogP contribution in [0.4, 0.5) is 5.69 Å². The second kappa shape index (κ2) is 10.2. The van der Waals surface area contributed by atoms with Crippen molar-refractivity contribution in [3.05, 3.63) is 66.2 Å². The maximum absolute atomic E-state index is 13.2. The molecular formula is C23H29N3O3. The van der Waals surface area contributed by atoms with Crippen molar-refractivity contribution in [3.8, 4) is 0 Å². The number of carboxylic acids is 1. The van der Waals surface area contributed by atoms with Gasteiger partial charge in [0.05, 0.1) is 6.54 Å². The van der Waals surface area contributed by atoms with Gasteiger partial charge in [-0.25, -0.2) is 0 Å². The predicted molar refractivity (Wildman–Crippen MR) is 114 cm³/mol. The number of rotatable bonds is 8. The van der Waals surface area contributed by atoms with Crippen molar-refractivity contribution in [1.82, 2.24) is 9.80 Å². The first kappa shape index (κ1) is 21.0. The van der Waals surface area contributed by atoms with Gasteiger partial charge in [-0.2, -0.15) is 0 Å². The van der Waals surface area contributed by atoms with E-state index in [4.69, 9.17) is 5.11 Å². The standard InChI is InChI=1S/C23H29N3O3/c1-2-25(17-21(27)28)20-13-15-26(16-14-20)22(18-9-5-3-6-10-18)23(29)24-19-11-7-4-8-12-19/h3-12,20,22H,2,13-17H2,1H3,(H,24,29)(H,27,28). The highest BCUT2D eigenvalue weighted by molar-refractivity contribution is 5.95. The van der Waals surface area contributed by atoms with Crippen molar-refractivity contribution in [2.75, 3.05) is 31.5 Å². The quantitative estimate of drug-likeness (QED) is 0.718. The molecule has 1 unspecified atom stereocenters. The molecule has 2 N–H and O–H groups in total. The van der Waals surface area contributed by atoms with Gasteiger partial charge in [0, 0.05) is 24.8 Å². The van der Waals surface area contributed by atoms with Gasteiger partial charge in [-0.1, -0.05) is 55.5 Å². The number of carboxylic acid groups (broad SMARTS) is 1. The Morgan fingerprint density at radius 1 is 1.07 bits per heavy atom. The third-order valence-electron chi connectivity index (χ3n) is 5.53. The molecule has 2 aromatic rings. The van der Waals surface area contributed by atoms with Gasteiger partial charge in [-0.15, -0.1) is 0 Å². The average molecular weight is 396 g/mol. The fourth-order valence-electron chi connectivity index (χ4n) is 4.08. The van der Waals surface area contributed by atoms with Gasteiger partial charge >= 0.3 is 5.97 Å². The van der Waals surface area contributed by atoms with E-state index in [1.54, 1.807) is 0 Å². The summed E-state index contributed by atoms with van der Waals surface area (Å²) in [5, 5.41) is 12.2. The second-order valence-electron chi connectivity index (χ2n) is 7.39. The van der Waals surface area contributed by atoms with E-state index in [1.807, 2.05) is 72.5 Å². The molecule has 1 fully saturated rings. The van der Waals surface area contributed by atoms with E-state index in [9.17, 15) is 9.59 Å². The third kappa shape index (κ3) is 5.65. The number of aliphatic carboxylic acids is 1. The van der Waals surface area contributed by atoms with Crippen molar-refractivity contribution in [3.63, 3.8) is 0 Å². The Kier molecular flexibility index (Phi) is 7.38. The van der Waals surface area contributed by atoms with Crippen molar-refractivity contribution in [2.24, 2.45) is 0 Å². The highest BCUT2D eigenvalue weighted by atomic mass is 16.4. The zero-order chi connectivity index (χ0) is 20.6. The molecule has 0 spiro atoms. The van der Waals surface area contributed by atoms with Crippen molar-refractivity contribution in [2.45, 2.75) is 31.8 Å². The maximum Gasteiger partial charge on any atom is 0.317 e. The molecule has 1 saturated heterocycles. The molecule has 1 heterocycles. The minimum atomic E-state index is -0.793. The minimum absolute atomic E-state index is 0.0428. The Balaban J connectivity index is 1.72. The number of carbonyl (C=O) groups is 2. The third-order valence-corrected chi connectivity index (χ3v) is 5.53. The summed E-state index contributed by atoms with van der Waals surface area (Å²) in [6.07, 6.45) is 1.70. The van der Waals surface area contributed by atoms with E-state index in [0.717, 1.165) is 37.2 Å². The highest BCUT2D eigenvalue weighted by Crippen LogP contribution is 2.28. The zero-order valence-electron chi connectivity index (χ0n) is 16.8. The molecule has 29 heavy (non-hydrogen) atoms. The van der Waals surface area contributed by atoms with Gasteiger partial charge in [-0.3, -0.25) is 19.4 Å². The van der Waals surface area contributed by atoms with E-state index in [-0.39, 0.29) is 24.5 Å². The molecule has 1 amide bonds. The van der Waals surface area contributed by atoms with E-state index in [0.29, 0.717) is 6.54 Å². The van der Waals surface area contributed by atoms with Gasteiger partial charge in [0.15, 0.2) is 0 Å². The van der Waals surface area contributed by atoms with Gasteiger partial charge in [0.1, 0.15) is 6.04 Å². The van der Waals surface area contributed by atoms with Crippen LogP contribution in [-0.4, -0.2) is 59.0 Å². The highest BCUT2D eigenvalue weighted by Gasteiger charge is 2.33. The molecule has 1 aliphatic rings. The van der Waals surface area contributed by atoms with Gasteiger partial charge in [0.2, 0.25) is 5.91 Å². The normalized spacial score (nSPS) is 16.5. The van der Waals surface area contributed by atoms with Crippen LogP contribution >= 0.6 is 0 Å². The summed E-state index contributed by atoms with van der Waals surface area (Å²) in [7, 11) is 0. The van der Waals surface area contributed by atoms with Crippen molar-refractivity contribution >= 4 is 17.6 Å². The van der Waals surface area contributed by atoms with Crippen LogP contribution in [-0.2, 0) is 9.59 Å². The number of anilines is 1. The van der Waals surface area contributed by atoms with Crippen LogP contribution in [0.3, 0.4) is 0 Å². The summed E-state index contributed by atoms with van der Waals surface area (Å²) in [6.45, 7) is 4.28. The minimum Gasteiger partial charge on any atom is -0.480 e. The molecule has 2 aromatic carbocycles. The first-order valence-corrected chi connectivity index (χ1v) is 10.2. The lowest BCUT2D eigenvalue weighted by Crippen LogP contribution is -2.49.